The van der Waals surface area contributed by atoms with E-state index in [1.165, 1.54) is 0 Å². The first-order valence-corrected chi connectivity index (χ1v) is 8.39. The zero-order valence-electron chi connectivity index (χ0n) is 14.2. The van der Waals surface area contributed by atoms with Crippen LogP contribution in [0.1, 0.15) is 24.0 Å². The van der Waals surface area contributed by atoms with Crippen LogP contribution in [0.25, 0.3) is 0 Å². The molecule has 0 radical (unpaired) electrons. The van der Waals surface area contributed by atoms with E-state index >= 15 is 0 Å². The molecule has 1 amide bonds. The van der Waals surface area contributed by atoms with E-state index in [1.54, 1.807) is 0 Å². The number of nitrogens with zero attached hydrogens (tertiary/aromatic N) is 1. The fourth-order valence-electron chi connectivity index (χ4n) is 2.93. The summed E-state index contributed by atoms with van der Waals surface area (Å²) in [5.74, 6) is 1.05. The summed E-state index contributed by atoms with van der Waals surface area (Å²) < 4.78 is 5.60. The average molecular weight is 320 g/mol. The smallest absolute Gasteiger partial charge is 0.257 e. The lowest BCUT2D eigenvalue weighted by molar-refractivity contribution is -0.123. The Hall–Kier alpha value is -1.59. The number of benzene rings is 1. The molecule has 0 aromatic heterocycles. The van der Waals surface area contributed by atoms with Crippen LogP contribution < -0.4 is 10.1 Å². The molecule has 128 valence electrons. The molecule has 1 fully saturated rings. The summed E-state index contributed by atoms with van der Waals surface area (Å²) in [7, 11) is 0. The van der Waals surface area contributed by atoms with Gasteiger partial charge in [0.15, 0.2) is 6.61 Å². The third-order valence-electron chi connectivity index (χ3n) is 4.53. The maximum absolute atomic E-state index is 11.9. The van der Waals surface area contributed by atoms with Gasteiger partial charge in [0.2, 0.25) is 0 Å². The van der Waals surface area contributed by atoms with Gasteiger partial charge in [0.1, 0.15) is 5.75 Å². The summed E-state index contributed by atoms with van der Waals surface area (Å²) in [6.45, 7) is 7.74. The maximum Gasteiger partial charge on any atom is 0.257 e. The van der Waals surface area contributed by atoms with Crippen molar-refractivity contribution in [1.82, 2.24) is 10.2 Å². The van der Waals surface area contributed by atoms with Crippen LogP contribution in [0.2, 0.25) is 0 Å². The van der Waals surface area contributed by atoms with E-state index in [4.69, 9.17) is 4.74 Å². The van der Waals surface area contributed by atoms with Crippen LogP contribution >= 0.6 is 0 Å². The van der Waals surface area contributed by atoms with Crippen molar-refractivity contribution in [3.63, 3.8) is 0 Å². The average Bonchev–Trinajstić information content (AvgIpc) is 2.56. The van der Waals surface area contributed by atoms with Gasteiger partial charge in [-0.05, 0) is 56.3 Å². The number of likely N-dealkylation sites (tertiary alicyclic amines) is 1. The van der Waals surface area contributed by atoms with Crippen LogP contribution in [0.15, 0.2) is 18.2 Å². The fourth-order valence-corrected chi connectivity index (χ4v) is 2.93. The Labute approximate surface area is 138 Å². The Morgan fingerprint density at radius 2 is 2.26 bits per heavy atom. The maximum atomic E-state index is 11.9. The molecular formula is C18H28N2O3. The van der Waals surface area contributed by atoms with Crippen molar-refractivity contribution in [2.24, 2.45) is 5.92 Å². The molecule has 1 atom stereocenters. The molecule has 0 bridgehead atoms. The van der Waals surface area contributed by atoms with E-state index in [2.05, 4.69) is 10.2 Å². The molecule has 1 saturated heterocycles. The monoisotopic (exact) mass is 320 g/mol. The van der Waals surface area contributed by atoms with Crippen LogP contribution in [0, 0.1) is 19.8 Å². The molecule has 1 aliphatic rings. The summed E-state index contributed by atoms with van der Waals surface area (Å²) in [4.78, 5) is 14.2. The largest absolute Gasteiger partial charge is 0.483 e. The molecule has 23 heavy (non-hydrogen) atoms. The summed E-state index contributed by atoms with van der Waals surface area (Å²) in [6.07, 6.45) is 2.22. The number of aliphatic hydroxyl groups is 1. The van der Waals surface area contributed by atoms with Crippen molar-refractivity contribution in [2.45, 2.75) is 26.7 Å². The third-order valence-corrected chi connectivity index (χ3v) is 4.53. The van der Waals surface area contributed by atoms with Crippen molar-refractivity contribution < 1.29 is 14.6 Å². The minimum atomic E-state index is -0.0957. The van der Waals surface area contributed by atoms with Crippen molar-refractivity contribution in [1.29, 1.82) is 0 Å². The first-order chi connectivity index (χ1) is 11.1. The number of hydrogen-bond acceptors (Lipinski definition) is 4. The second-order valence-electron chi connectivity index (χ2n) is 6.33. The van der Waals surface area contributed by atoms with E-state index in [0.717, 1.165) is 49.4 Å². The van der Waals surface area contributed by atoms with Crippen LogP contribution in [0.4, 0.5) is 0 Å². The number of ether oxygens (including phenoxy) is 1. The lowest BCUT2D eigenvalue weighted by Gasteiger charge is -2.31. The molecule has 1 heterocycles. The molecule has 1 aromatic carbocycles. The highest BCUT2D eigenvalue weighted by Gasteiger charge is 2.18. The zero-order valence-corrected chi connectivity index (χ0v) is 14.2. The standard InChI is InChI=1S/C18H28N2O3/c1-14-5-3-7-17(15(14)2)23-13-18(22)19-8-10-20-9-4-6-16(11-20)12-21/h3,5,7,16,21H,4,6,8-13H2,1-2H3,(H,19,22). The van der Waals surface area contributed by atoms with Gasteiger partial charge >= 0.3 is 0 Å². The molecule has 1 unspecified atom stereocenters. The Kier molecular flexibility index (Phi) is 6.86. The summed E-state index contributed by atoms with van der Waals surface area (Å²) in [5.41, 5.74) is 2.23. The van der Waals surface area contributed by atoms with Crippen LogP contribution in [0.5, 0.6) is 5.75 Å². The van der Waals surface area contributed by atoms with Gasteiger partial charge in [-0.15, -0.1) is 0 Å². The predicted molar refractivity (Wildman–Crippen MR) is 90.7 cm³/mol. The number of nitrogens with one attached hydrogen (secondary N) is 1. The molecule has 0 spiro atoms. The summed E-state index contributed by atoms with van der Waals surface area (Å²) in [5, 5.41) is 12.1. The van der Waals surface area contributed by atoms with Crippen molar-refractivity contribution in [3.8, 4) is 5.75 Å². The quantitative estimate of drug-likeness (QED) is 0.799. The van der Waals surface area contributed by atoms with Crippen LogP contribution in [-0.2, 0) is 4.79 Å². The molecule has 1 aromatic rings. The van der Waals surface area contributed by atoms with Gasteiger partial charge in [0, 0.05) is 26.2 Å². The number of carbonyl (C=O) groups is 1. The molecule has 1 aliphatic heterocycles. The third kappa shape index (κ3) is 5.52. The number of carbonyl (C=O) groups excluding carboxylic acids is 1. The number of hydrogen-bond donors (Lipinski definition) is 2. The molecule has 2 rings (SSSR count). The number of amides is 1. The van der Waals surface area contributed by atoms with Crippen molar-refractivity contribution in [2.75, 3.05) is 39.4 Å². The number of aryl methyl sites for hydroxylation is 1. The first-order valence-electron chi connectivity index (χ1n) is 8.39. The topological polar surface area (TPSA) is 61.8 Å². The lowest BCUT2D eigenvalue weighted by Crippen LogP contribution is -2.42. The van der Waals surface area contributed by atoms with Crippen LogP contribution in [-0.4, -0.2) is 55.3 Å². The second-order valence-corrected chi connectivity index (χ2v) is 6.33. The summed E-state index contributed by atoms with van der Waals surface area (Å²) in [6, 6.07) is 5.85. The molecule has 0 aliphatic carbocycles. The SMILES string of the molecule is Cc1cccc(OCC(=O)NCCN2CCCC(CO)C2)c1C. The fraction of sp³-hybridized carbons (Fsp3) is 0.611. The Bertz CT molecular complexity index is 519. The van der Waals surface area contributed by atoms with E-state index in [1.807, 2.05) is 32.0 Å². The van der Waals surface area contributed by atoms with Gasteiger partial charge in [-0.3, -0.25) is 4.79 Å². The van der Waals surface area contributed by atoms with E-state index < -0.39 is 0 Å². The van der Waals surface area contributed by atoms with Crippen LogP contribution in [0.3, 0.4) is 0 Å². The van der Waals surface area contributed by atoms with E-state index in [-0.39, 0.29) is 19.1 Å². The molecular weight excluding hydrogens is 292 g/mol. The van der Waals surface area contributed by atoms with Gasteiger partial charge in [-0.1, -0.05) is 12.1 Å². The van der Waals surface area contributed by atoms with Gasteiger partial charge in [-0.25, -0.2) is 0 Å². The predicted octanol–water partition coefficient (Wildman–Crippen LogP) is 1.50. The van der Waals surface area contributed by atoms with E-state index in [9.17, 15) is 9.90 Å². The number of piperidine rings is 1. The summed E-state index contributed by atoms with van der Waals surface area (Å²) >= 11 is 0. The van der Waals surface area contributed by atoms with Gasteiger partial charge in [-0.2, -0.15) is 0 Å². The minimum Gasteiger partial charge on any atom is -0.483 e. The first kappa shape index (κ1) is 17.8. The Morgan fingerprint density at radius 3 is 3.04 bits per heavy atom. The normalized spacial score (nSPS) is 18.7. The Balaban J connectivity index is 1.66. The van der Waals surface area contributed by atoms with Gasteiger partial charge < -0.3 is 20.1 Å². The second kappa shape index (κ2) is 8.89. The van der Waals surface area contributed by atoms with E-state index in [0.29, 0.717) is 12.5 Å². The minimum absolute atomic E-state index is 0.0452. The number of rotatable bonds is 7. The molecule has 0 saturated carbocycles. The number of aliphatic hydroxyl groups excluding tert-OH is 1. The highest BCUT2D eigenvalue weighted by Crippen LogP contribution is 2.20. The van der Waals surface area contributed by atoms with Crippen molar-refractivity contribution in [3.05, 3.63) is 29.3 Å². The lowest BCUT2D eigenvalue weighted by atomic mass is 9.99. The molecule has 5 heteroatoms. The van der Waals surface area contributed by atoms with Crippen molar-refractivity contribution >= 4 is 5.91 Å². The molecule has 5 nitrogen and oxygen atoms in total. The Morgan fingerprint density at radius 1 is 1.43 bits per heavy atom. The van der Waals surface area contributed by atoms with Gasteiger partial charge in [0.25, 0.3) is 5.91 Å². The molecule has 2 N–H and O–H groups in total. The van der Waals surface area contributed by atoms with Gasteiger partial charge in [0.05, 0.1) is 0 Å². The highest BCUT2D eigenvalue weighted by molar-refractivity contribution is 5.77. The highest BCUT2D eigenvalue weighted by atomic mass is 16.5. The zero-order chi connectivity index (χ0) is 16.7.